The molecule has 0 unspecified atom stereocenters. The first-order valence-corrected chi connectivity index (χ1v) is 22.6. The third-order valence-electron chi connectivity index (χ3n) is 14.9. The number of hydrogen-bond acceptors (Lipinski definition) is 2. The first-order valence-electron chi connectivity index (χ1n) is 22.6. The van der Waals surface area contributed by atoms with Crippen molar-refractivity contribution in [3.05, 3.63) is 149 Å². The van der Waals surface area contributed by atoms with Crippen LogP contribution in [0.5, 0.6) is 0 Å². The van der Waals surface area contributed by atoms with Gasteiger partial charge in [0.05, 0.1) is 11.0 Å². The summed E-state index contributed by atoms with van der Waals surface area (Å²) in [5.41, 5.74) is 24.3. The largest absolute Gasteiger partial charge is 0.456 e. The lowest BCUT2D eigenvalue weighted by Crippen LogP contribution is -2.60. The van der Waals surface area contributed by atoms with Crippen LogP contribution in [0.3, 0.4) is 0 Å². The molecule has 0 atom stereocenters. The highest BCUT2D eigenvalue weighted by atomic mass is 16.3. The summed E-state index contributed by atoms with van der Waals surface area (Å²) in [5.74, 6) is 0. The van der Waals surface area contributed by atoms with Crippen LogP contribution in [-0.4, -0.2) is 11.4 Å². The Morgan fingerprint density at radius 1 is 0.532 bits per heavy atom. The van der Waals surface area contributed by atoms with Gasteiger partial charge >= 0.3 is 6.85 Å². The Morgan fingerprint density at radius 2 is 1.19 bits per heavy atom. The lowest BCUT2D eigenvalue weighted by Gasteiger charge is -2.43. The van der Waals surface area contributed by atoms with E-state index < -0.39 is 0 Å². The van der Waals surface area contributed by atoms with E-state index in [4.69, 9.17) is 4.42 Å². The summed E-state index contributed by atoms with van der Waals surface area (Å²) in [6.07, 6.45) is 0. The zero-order valence-electron chi connectivity index (χ0n) is 38.3. The Bertz CT molecular complexity index is 3440. The van der Waals surface area contributed by atoms with Gasteiger partial charge in [-0.3, -0.25) is 0 Å². The van der Waals surface area contributed by atoms with Crippen molar-refractivity contribution in [3.63, 3.8) is 0 Å². The summed E-state index contributed by atoms with van der Waals surface area (Å²) in [6.45, 7) is 28.1. The van der Waals surface area contributed by atoms with Gasteiger partial charge in [0.1, 0.15) is 11.2 Å². The highest BCUT2D eigenvalue weighted by Crippen LogP contribution is 2.55. The maximum atomic E-state index is 6.61. The number of fused-ring (bicyclic) bond motifs is 14. The molecule has 62 heavy (non-hydrogen) atoms. The highest BCUT2D eigenvalue weighted by Gasteiger charge is 2.47. The molecule has 3 aliphatic rings. The number of nitrogens with zero attached hydrogens (tertiary/aromatic N) is 2. The monoisotopic (exact) mass is 806 g/mol. The molecule has 4 heteroatoms. The summed E-state index contributed by atoms with van der Waals surface area (Å²) in [7, 11) is 0. The summed E-state index contributed by atoms with van der Waals surface area (Å²) >= 11 is 0. The Labute approximate surface area is 366 Å². The minimum absolute atomic E-state index is 0.0340. The quantitative estimate of drug-likeness (QED) is 0.154. The summed E-state index contributed by atoms with van der Waals surface area (Å²) in [5, 5.41) is 4.94. The smallest absolute Gasteiger partial charge is 0.333 e. The van der Waals surface area contributed by atoms with Crippen LogP contribution in [0, 0.1) is 6.92 Å². The number of hydrogen-bond donors (Lipinski definition) is 0. The van der Waals surface area contributed by atoms with Gasteiger partial charge in [-0.15, -0.1) is 0 Å². The van der Waals surface area contributed by atoms with E-state index in [0.29, 0.717) is 0 Å². The van der Waals surface area contributed by atoms with Crippen LogP contribution in [0.1, 0.15) is 110 Å². The molecule has 0 spiro atoms. The summed E-state index contributed by atoms with van der Waals surface area (Å²) in [4.78, 5) is 2.71. The average Bonchev–Trinajstić information content (AvgIpc) is 3.83. The van der Waals surface area contributed by atoms with Gasteiger partial charge in [-0.05, 0) is 127 Å². The van der Waals surface area contributed by atoms with Crippen LogP contribution in [-0.2, 0) is 21.7 Å². The van der Waals surface area contributed by atoms with Crippen molar-refractivity contribution in [2.75, 3.05) is 4.81 Å². The SMILES string of the molecule is Cc1cc2c3c4c1c1cc5c(cc1n4-c1ccc(C(C)(C)C)cc1B3N(c1ccc(C(C)(C)C)cc1)c1cc3c(cc1-2)C(C)(C)c1cc(C(C)(C)C)ccc1-3)oc1ccccc15. The Kier molecular flexibility index (Phi) is 7.26. The van der Waals surface area contributed by atoms with Crippen molar-refractivity contribution in [3.8, 4) is 27.9 Å². The minimum Gasteiger partial charge on any atom is -0.456 e. The van der Waals surface area contributed by atoms with Crippen LogP contribution in [0.2, 0.25) is 0 Å². The molecule has 12 rings (SSSR count). The van der Waals surface area contributed by atoms with Gasteiger partial charge < -0.3 is 13.8 Å². The van der Waals surface area contributed by atoms with Gasteiger partial charge in [-0.25, -0.2) is 0 Å². The highest BCUT2D eigenvalue weighted by molar-refractivity contribution is 6.93. The number of furan rings is 1. The van der Waals surface area contributed by atoms with Gasteiger partial charge in [-0.1, -0.05) is 143 Å². The van der Waals surface area contributed by atoms with Gasteiger partial charge in [0.25, 0.3) is 0 Å². The van der Waals surface area contributed by atoms with Gasteiger partial charge in [0.2, 0.25) is 0 Å². The second-order valence-electron chi connectivity index (χ2n) is 22.3. The van der Waals surface area contributed by atoms with E-state index in [1.54, 1.807) is 0 Å². The molecule has 0 fully saturated rings. The van der Waals surface area contributed by atoms with Crippen LogP contribution in [0.25, 0.3) is 71.7 Å². The summed E-state index contributed by atoms with van der Waals surface area (Å²) in [6, 6.07) is 45.0. The zero-order chi connectivity index (χ0) is 43.2. The topological polar surface area (TPSA) is 21.3 Å². The third-order valence-corrected chi connectivity index (χ3v) is 14.9. The number of para-hydroxylation sites is 1. The van der Waals surface area contributed by atoms with E-state index in [1.807, 2.05) is 0 Å². The van der Waals surface area contributed by atoms with Gasteiger partial charge in [-0.2, -0.15) is 0 Å². The molecule has 9 aromatic rings. The van der Waals surface area contributed by atoms with E-state index >= 15 is 0 Å². The fraction of sp³-hybridized carbons (Fsp3) is 0.276. The van der Waals surface area contributed by atoms with E-state index in [1.165, 1.54) is 111 Å². The molecular weight excluding hydrogens is 751 g/mol. The van der Waals surface area contributed by atoms with Crippen LogP contribution >= 0.6 is 0 Å². The van der Waals surface area contributed by atoms with Crippen molar-refractivity contribution < 1.29 is 4.42 Å². The maximum absolute atomic E-state index is 6.61. The lowest BCUT2D eigenvalue weighted by atomic mass is 9.43. The predicted molar refractivity (Wildman–Crippen MR) is 265 cm³/mol. The standard InChI is InChI=1S/C58H55BN2O/c1-32-25-42-40-29-45-39(37-23-19-34(56(5,6)7)26-44(37)58(45,11)12)30-49(40)61(36-21-17-33(18-22-36)55(2,3)4)59-46-27-35(57(8,9)10)20-24-47(46)60-48-31-51-41(38-15-13-14-16-50(38)62-51)28-43(48)52(32)54(60)53(42)59/h13-31H,1-12H3. The van der Waals surface area contributed by atoms with Crippen molar-refractivity contribution in [2.45, 2.75) is 105 Å². The fourth-order valence-corrected chi connectivity index (χ4v) is 11.5. The van der Waals surface area contributed by atoms with Crippen molar-refractivity contribution in [2.24, 2.45) is 0 Å². The van der Waals surface area contributed by atoms with Gasteiger partial charge in [0.15, 0.2) is 0 Å². The Hall–Kier alpha value is -6.00. The van der Waals surface area contributed by atoms with E-state index in [9.17, 15) is 0 Å². The molecule has 2 aromatic heterocycles. The number of benzene rings is 7. The number of aryl methyl sites for hydroxylation is 1. The molecule has 2 aliphatic heterocycles. The second kappa shape index (κ2) is 11.9. The van der Waals surface area contributed by atoms with Crippen LogP contribution in [0.4, 0.5) is 11.4 Å². The van der Waals surface area contributed by atoms with Crippen LogP contribution in [0.15, 0.2) is 120 Å². The van der Waals surface area contributed by atoms with Crippen molar-refractivity contribution in [1.82, 2.24) is 4.57 Å². The number of rotatable bonds is 1. The molecule has 306 valence electrons. The molecule has 3 nitrogen and oxygen atoms in total. The fourth-order valence-electron chi connectivity index (χ4n) is 11.5. The van der Waals surface area contributed by atoms with Gasteiger partial charge in [0, 0.05) is 55.7 Å². The van der Waals surface area contributed by atoms with Crippen LogP contribution < -0.4 is 15.7 Å². The average molecular weight is 807 g/mol. The first-order chi connectivity index (χ1) is 29.3. The van der Waals surface area contributed by atoms with Crippen molar-refractivity contribution >= 4 is 72.9 Å². The minimum atomic E-state index is -0.159. The Morgan fingerprint density at radius 3 is 1.92 bits per heavy atom. The lowest BCUT2D eigenvalue weighted by molar-refractivity contribution is 0.584. The molecule has 0 saturated heterocycles. The van der Waals surface area contributed by atoms with E-state index in [2.05, 4.69) is 208 Å². The predicted octanol–water partition coefficient (Wildman–Crippen LogP) is 14.4. The van der Waals surface area contributed by atoms with E-state index in [-0.39, 0.29) is 28.5 Å². The molecule has 1 aliphatic carbocycles. The molecule has 0 N–H and O–H groups in total. The zero-order valence-corrected chi connectivity index (χ0v) is 38.3. The summed E-state index contributed by atoms with van der Waals surface area (Å²) < 4.78 is 9.20. The first kappa shape index (κ1) is 37.7. The normalized spacial score (nSPS) is 15.2. The third kappa shape index (κ3) is 4.95. The molecule has 7 aromatic carbocycles. The van der Waals surface area contributed by atoms with Crippen molar-refractivity contribution in [1.29, 1.82) is 0 Å². The maximum Gasteiger partial charge on any atom is 0.333 e. The number of anilines is 2. The number of aromatic nitrogens is 1. The molecule has 4 heterocycles. The molecule has 0 radical (unpaired) electrons. The molecular formula is C58H55BN2O. The molecule has 0 saturated carbocycles. The Balaban J connectivity index is 1.23. The molecule has 0 bridgehead atoms. The molecule has 0 amide bonds. The van der Waals surface area contributed by atoms with E-state index in [0.717, 1.165) is 16.6 Å². The second-order valence-corrected chi connectivity index (χ2v) is 22.3.